The number of Topliss-reactive ketones (excluding diaryl/α,β-unsaturated/α-hetero) is 1. The number of carbonyl (C=O) groups is 4. The van der Waals surface area contributed by atoms with Crippen molar-refractivity contribution in [3.05, 3.63) is 65.5 Å². The number of fused-ring (bicyclic) bond motifs is 1. The van der Waals surface area contributed by atoms with Crippen molar-refractivity contribution in [3.63, 3.8) is 0 Å². The third-order valence-corrected chi connectivity index (χ3v) is 6.24. The second-order valence-electron chi connectivity index (χ2n) is 8.19. The highest BCUT2D eigenvalue weighted by atomic mass is 19.1. The van der Waals surface area contributed by atoms with Crippen molar-refractivity contribution in [1.29, 1.82) is 0 Å². The average molecular weight is 438 g/mol. The molecule has 4 atom stereocenters. The van der Waals surface area contributed by atoms with Gasteiger partial charge in [-0.2, -0.15) is 0 Å². The molecule has 2 fully saturated rings. The fraction of sp³-hybridized carbons (Fsp3) is 0.333. The van der Waals surface area contributed by atoms with Crippen LogP contribution in [0.25, 0.3) is 0 Å². The number of rotatable bonds is 5. The molecule has 2 heterocycles. The molecule has 0 saturated carbocycles. The van der Waals surface area contributed by atoms with Crippen LogP contribution in [0.2, 0.25) is 0 Å². The van der Waals surface area contributed by atoms with Crippen LogP contribution in [0.4, 0.5) is 10.1 Å². The smallest absolute Gasteiger partial charge is 0.326 e. The van der Waals surface area contributed by atoms with Gasteiger partial charge in [0.25, 0.3) is 0 Å². The number of esters is 1. The minimum atomic E-state index is -1.53. The number of hydrogen-bond donors (Lipinski definition) is 1. The first-order valence-electron chi connectivity index (χ1n) is 10.4. The van der Waals surface area contributed by atoms with Crippen molar-refractivity contribution in [2.45, 2.75) is 32.4 Å². The van der Waals surface area contributed by atoms with E-state index in [1.54, 1.807) is 31.2 Å². The zero-order valence-corrected chi connectivity index (χ0v) is 17.9. The van der Waals surface area contributed by atoms with Gasteiger partial charge in [0, 0.05) is 17.2 Å². The van der Waals surface area contributed by atoms with E-state index < -0.39 is 47.0 Å². The van der Waals surface area contributed by atoms with Gasteiger partial charge in [-0.25, -0.2) is 9.29 Å². The lowest BCUT2D eigenvalue weighted by molar-refractivity contribution is -0.153. The number of ether oxygens (including phenoxy) is 1. The number of amides is 2. The highest BCUT2D eigenvalue weighted by Crippen LogP contribution is 2.50. The van der Waals surface area contributed by atoms with Gasteiger partial charge >= 0.3 is 5.97 Å². The fourth-order valence-electron chi connectivity index (χ4n) is 4.72. The second kappa shape index (κ2) is 7.94. The quantitative estimate of drug-likeness (QED) is 0.438. The number of nitrogens with zero attached hydrogens (tertiary/aromatic N) is 1. The van der Waals surface area contributed by atoms with Crippen LogP contribution in [-0.2, 0) is 19.1 Å². The second-order valence-corrected chi connectivity index (χ2v) is 8.19. The van der Waals surface area contributed by atoms with Crippen LogP contribution in [0.15, 0.2) is 48.5 Å². The van der Waals surface area contributed by atoms with Crippen LogP contribution < -0.4 is 10.2 Å². The maximum atomic E-state index is 14.7. The predicted molar refractivity (Wildman–Crippen MR) is 113 cm³/mol. The Labute approximate surface area is 184 Å². The summed E-state index contributed by atoms with van der Waals surface area (Å²) in [5.74, 6) is -4.72. The van der Waals surface area contributed by atoms with Crippen LogP contribution in [0, 0.1) is 17.7 Å². The molecule has 0 unspecified atom stereocenters. The highest BCUT2D eigenvalue weighted by molar-refractivity contribution is 6.24. The molecule has 0 radical (unpaired) electrons. The normalized spacial score (nSPS) is 26.9. The minimum absolute atomic E-state index is 0.0877. The SMILES string of the molecule is CCOC(=O)[C@]1(C)N[C@H](c2ccccc2F)[C@@H]2C(=O)N(c3cccc(C(C)=O)c3)C(=O)[C@@H]21. The molecule has 0 bridgehead atoms. The third kappa shape index (κ3) is 3.22. The van der Waals surface area contributed by atoms with Gasteiger partial charge < -0.3 is 4.74 Å². The molecule has 4 rings (SSSR count). The van der Waals surface area contributed by atoms with E-state index in [-0.39, 0.29) is 23.6 Å². The Bertz CT molecular complexity index is 1130. The van der Waals surface area contributed by atoms with Crippen molar-refractivity contribution in [2.24, 2.45) is 11.8 Å². The maximum Gasteiger partial charge on any atom is 0.326 e. The standard InChI is InChI=1S/C24H23FN2O5/c1-4-32-23(31)24(3)19-18(20(26-24)16-10-5-6-11-17(16)25)21(29)27(22(19)30)15-9-7-8-14(12-15)13(2)28/h5-12,18-20,26H,4H2,1-3H3/t18-,19-,20-,24-/m1/s1. The summed E-state index contributed by atoms with van der Waals surface area (Å²) in [7, 11) is 0. The van der Waals surface area contributed by atoms with Crippen molar-refractivity contribution >= 4 is 29.3 Å². The van der Waals surface area contributed by atoms with Gasteiger partial charge in [0.1, 0.15) is 11.4 Å². The number of hydrogen-bond acceptors (Lipinski definition) is 6. The van der Waals surface area contributed by atoms with Crippen molar-refractivity contribution in [2.75, 3.05) is 11.5 Å². The monoisotopic (exact) mass is 438 g/mol. The Morgan fingerprint density at radius 2 is 1.84 bits per heavy atom. The summed E-state index contributed by atoms with van der Waals surface area (Å²) in [4.78, 5) is 52.8. The molecule has 0 aliphatic carbocycles. The van der Waals surface area contributed by atoms with Crippen LogP contribution in [-0.4, -0.2) is 35.7 Å². The van der Waals surface area contributed by atoms with Crippen molar-refractivity contribution < 1.29 is 28.3 Å². The van der Waals surface area contributed by atoms with Crippen LogP contribution in [0.3, 0.4) is 0 Å². The van der Waals surface area contributed by atoms with E-state index in [0.29, 0.717) is 5.56 Å². The van der Waals surface area contributed by atoms with E-state index in [0.717, 1.165) is 4.90 Å². The summed E-state index contributed by atoms with van der Waals surface area (Å²) in [6.07, 6.45) is 0. The molecular weight excluding hydrogens is 415 g/mol. The lowest BCUT2D eigenvalue weighted by Crippen LogP contribution is -2.54. The summed E-state index contributed by atoms with van der Waals surface area (Å²) in [6, 6.07) is 11.2. The lowest BCUT2D eigenvalue weighted by atomic mass is 9.80. The Morgan fingerprint density at radius 1 is 1.12 bits per heavy atom. The number of carbonyl (C=O) groups excluding carboxylic acids is 4. The number of benzene rings is 2. The molecule has 7 nitrogen and oxygen atoms in total. The van der Waals surface area contributed by atoms with Gasteiger partial charge in [-0.1, -0.05) is 30.3 Å². The van der Waals surface area contributed by atoms with Crippen molar-refractivity contribution in [3.8, 4) is 0 Å². The molecule has 0 aromatic heterocycles. The summed E-state index contributed by atoms with van der Waals surface area (Å²) < 4.78 is 19.9. The predicted octanol–water partition coefficient (Wildman–Crippen LogP) is 2.80. The lowest BCUT2D eigenvalue weighted by Gasteiger charge is -2.29. The number of nitrogens with one attached hydrogen (secondary N) is 1. The zero-order chi connectivity index (χ0) is 23.2. The molecule has 1 N–H and O–H groups in total. The van der Waals surface area contributed by atoms with Gasteiger partial charge in [0.15, 0.2) is 5.78 Å². The van der Waals surface area contributed by atoms with Crippen LogP contribution in [0.5, 0.6) is 0 Å². The van der Waals surface area contributed by atoms with Gasteiger partial charge in [-0.05, 0) is 39.0 Å². The molecule has 2 aromatic carbocycles. The maximum absolute atomic E-state index is 14.7. The molecular formula is C24H23FN2O5. The largest absolute Gasteiger partial charge is 0.465 e. The molecule has 32 heavy (non-hydrogen) atoms. The number of halogens is 1. The Kier molecular flexibility index (Phi) is 5.42. The van der Waals surface area contributed by atoms with Crippen LogP contribution >= 0.6 is 0 Å². The van der Waals surface area contributed by atoms with E-state index in [4.69, 9.17) is 4.74 Å². The Morgan fingerprint density at radius 3 is 2.50 bits per heavy atom. The van der Waals surface area contributed by atoms with Gasteiger partial charge in [-0.3, -0.25) is 24.5 Å². The van der Waals surface area contributed by atoms with E-state index in [9.17, 15) is 23.6 Å². The average Bonchev–Trinajstić information content (AvgIpc) is 3.22. The highest BCUT2D eigenvalue weighted by Gasteiger charge is 2.67. The van der Waals surface area contributed by atoms with E-state index in [1.807, 2.05) is 0 Å². The summed E-state index contributed by atoms with van der Waals surface area (Å²) >= 11 is 0. The number of imide groups is 1. The summed E-state index contributed by atoms with van der Waals surface area (Å²) in [5, 5.41) is 3.04. The topological polar surface area (TPSA) is 92.8 Å². The first-order valence-corrected chi connectivity index (χ1v) is 10.4. The number of ketones is 1. The first-order chi connectivity index (χ1) is 15.2. The zero-order valence-electron chi connectivity index (χ0n) is 17.9. The van der Waals surface area contributed by atoms with E-state index in [1.165, 1.54) is 38.1 Å². The molecule has 0 spiro atoms. The Balaban J connectivity index is 1.84. The third-order valence-electron chi connectivity index (χ3n) is 6.24. The first kappa shape index (κ1) is 21.8. The number of anilines is 1. The van der Waals surface area contributed by atoms with Gasteiger partial charge in [-0.15, -0.1) is 0 Å². The molecule has 2 aliphatic rings. The van der Waals surface area contributed by atoms with Gasteiger partial charge in [0.2, 0.25) is 11.8 Å². The Hall–Kier alpha value is -3.39. The fourth-order valence-corrected chi connectivity index (χ4v) is 4.72. The molecule has 166 valence electrons. The van der Waals surface area contributed by atoms with Crippen LogP contribution in [0.1, 0.15) is 42.7 Å². The van der Waals surface area contributed by atoms with Crippen molar-refractivity contribution in [1.82, 2.24) is 5.32 Å². The van der Waals surface area contributed by atoms with Gasteiger partial charge in [0.05, 0.1) is 24.1 Å². The summed E-state index contributed by atoms with van der Waals surface area (Å²) in [5.41, 5.74) is -0.762. The summed E-state index contributed by atoms with van der Waals surface area (Å²) in [6.45, 7) is 4.62. The van der Waals surface area contributed by atoms with E-state index >= 15 is 0 Å². The molecule has 8 heteroatoms. The molecule has 2 saturated heterocycles. The van der Waals surface area contributed by atoms with E-state index in [2.05, 4.69) is 5.32 Å². The molecule has 2 amide bonds. The minimum Gasteiger partial charge on any atom is -0.465 e. The molecule has 2 aromatic rings. The molecule has 2 aliphatic heterocycles.